The molecule has 1 atom stereocenters. The van der Waals surface area contributed by atoms with Gasteiger partial charge in [-0.1, -0.05) is 39.0 Å². The molecule has 0 bridgehead atoms. The third-order valence-electron chi connectivity index (χ3n) is 6.21. The molecular formula is C28H32N2O5. The van der Waals surface area contributed by atoms with Crippen molar-refractivity contribution in [1.29, 1.82) is 0 Å². The topological polar surface area (TPSA) is 76.2 Å². The van der Waals surface area contributed by atoms with E-state index >= 15 is 0 Å². The number of methoxy groups -OCH3 is 1. The third kappa shape index (κ3) is 4.09. The van der Waals surface area contributed by atoms with Gasteiger partial charge in [-0.2, -0.15) is 0 Å². The number of carbonyl (C=O) groups is 3. The minimum Gasteiger partial charge on any atom is -0.497 e. The maximum absolute atomic E-state index is 13.5. The second-order valence-electron chi connectivity index (χ2n) is 10.9. The van der Waals surface area contributed by atoms with Crippen LogP contribution in [0.4, 0.5) is 16.2 Å². The van der Waals surface area contributed by atoms with Crippen LogP contribution in [-0.2, 0) is 19.9 Å². The van der Waals surface area contributed by atoms with Gasteiger partial charge in [-0.25, -0.2) is 9.69 Å². The lowest BCUT2D eigenvalue weighted by molar-refractivity contribution is -0.127. The summed E-state index contributed by atoms with van der Waals surface area (Å²) in [6.45, 7) is 10.9. The van der Waals surface area contributed by atoms with Crippen molar-refractivity contribution in [3.05, 3.63) is 65.9 Å². The quantitative estimate of drug-likeness (QED) is 0.427. The molecule has 0 aromatic heterocycles. The average molecular weight is 477 g/mol. The number of anilines is 2. The van der Waals surface area contributed by atoms with Gasteiger partial charge in [0.1, 0.15) is 16.9 Å². The van der Waals surface area contributed by atoms with Crippen molar-refractivity contribution in [1.82, 2.24) is 0 Å². The van der Waals surface area contributed by atoms with E-state index in [9.17, 15) is 14.4 Å². The summed E-state index contributed by atoms with van der Waals surface area (Å²) in [7, 11) is 1.58. The van der Waals surface area contributed by atoms with E-state index in [4.69, 9.17) is 9.47 Å². The van der Waals surface area contributed by atoms with E-state index in [1.54, 1.807) is 57.0 Å². The van der Waals surface area contributed by atoms with Gasteiger partial charge in [0.25, 0.3) is 0 Å². The van der Waals surface area contributed by atoms with Gasteiger partial charge < -0.3 is 9.47 Å². The van der Waals surface area contributed by atoms with Crippen LogP contribution >= 0.6 is 0 Å². The second kappa shape index (κ2) is 8.26. The van der Waals surface area contributed by atoms with E-state index in [1.807, 2.05) is 45.0 Å². The standard InChI is InChI=1S/C28H32N2O5/c1-26(2,3)23(31)16-22-28(17-24(32)30(28)18-12-14-19(34-7)15-13-18)20-10-8-9-11-21(20)29(22)25(33)35-27(4,5)6/h8-16H,17H2,1-7H3/b22-16-. The first-order valence-corrected chi connectivity index (χ1v) is 11.7. The highest BCUT2D eigenvalue weighted by Gasteiger charge is 2.63. The molecule has 2 aliphatic rings. The highest BCUT2D eigenvalue weighted by molar-refractivity contribution is 6.11. The fourth-order valence-electron chi connectivity index (χ4n) is 4.51. The zero-order valence-corrected chi connectivity index (χ0v) is 21.3. The lowest BCUT2D eigenvalue weighted by Gasteiger charge is -2.51. The Morgan fingerprint density at radius 2 is 1.60 bits per heavy atom. The van der Waals surface area contributed by atoms with Gasteiger partial charge in [0.05, 0.1) is 24.9 Å². The zero-order chi connectivity index (χ0) is 25.8. The molecule has 1 fully saturated rings. The average Bonchev–Trinajstić information content (AvgIpc) is 3.03. The van der Waals surface area contributed by atoms with Crippen LogP contribution in [0.25, 0.3) is 0 Å². The van der Waals surface area contributed by atoms with Gasteiger partial charge in [0, 0.05) is 22.7 Å². The Kier molecular flexibility index (Phi) is 5.78. The molecule has 0 radical (unpaired) electrons. The minimum atomic E-state index is -1.01. The van der Waals surface area contributed by atoms with Crippen LogP contribution in [0.1, 0.15) is 53.5 Å². The third-order valence-corrected chi connectivity index (χ3v) is 6.21. The number of β-lactam (4-membered cyclic amide) rings is 1. The first-order valence-electron chi connectivity index (χ1n) is 11.7. The number of nitrogens with zero attached hydrogens (tertiary/aromatic N) is 2. The molecule has 7 nitrogen and oxygen atoms in total. The molecule has 35 heavy (non-hydrogen) atoms. The molecule has 4 rings (SSSR count). The number of para-hydroxylation sites is 1. The fraction of sp³-hybridized carbons (Fsp3) is 0.393. The first kappa shape index (κ1) is 24.5. The lowest BCUT2D eigenvalue weighted by Crippen LogP contribution is -2.63. The van der Waals surface area contributed by atoms with Crippen molar-refractivity contribution >= 4 is 29.2 Å². The Labute approximate surface area is 206 Å². The van der Waals surface area contributed by atoms with Gasteiger partial charge in [-0.3, -0.25) is 14.5 Å². The molecule has 7 heteroatoms. The van der Waals surface area contributed by atoms with Crippen LogP contribution in [-0.4, -0.2) is 30.5 Å². The predicted molar refractivity (Wildman–Crippen MR) is 134 cm³/mol. The van der Waals surface area contributed by atoms with E-state index in [1.165, 1.54) is 11.0 Å². The Hall–Kier alpha value is -3.61. The van der Waals surface area contributed by atoms with Gasteiger partial charge in [0.2, 0.25) is 5.91 Å². The number of benzene rings is 2. The summed E-state index contributed by atoms with van der Waals surface area (Å²) in [6.07, 6.45) is 1.04. The minimum absolute atomic E-state index is 0.106. The summed E-state index contributed by atoms with van der Waals surface area (Å²) in [5.74, 6) is 0.407. The number of amides is 2. The van der Waals surface area contributed by atoms with Crippen LogP contribution in [0.3, 0.4) is 0 Å². The number of hydrogen-bond donors (Lipinski definition) is 0. The zero-order valence-electron chi connectivity index (χ0n) is 21.3. The second-order valence-corrected chi connectivity index (χ2v) is 10.9. The van der Waals surface area contributed by atoms with Crippen molar-refractivity contribution in [2.75, 3.05) is 16.9 Å². The number of hydrogen-bond acceptors (Lipinski definition) is 5. The highest BCUT2D eigenvalue weighted by atomic mass is 16.6. The maximum atomic E-state index is 13.5. The molecule has 2 aliphatic heterocycles. The van der Waals surface area contributed by atoms with Crippen molar-refractivity contribution in [3.63, 3.8) is 0 Å². The van der Waals surface area contributed by atoms with E-state index < -0.39 is 22.6 Å². The monoisotopic (exact) mass is 476 g/mol. The largest absolute Gasteiger partial charge is 0.497 e. The predicted octanol–water partition coefficient (Wildman–Crippen LogP) is 5.58. The molecule has 2 aromatic carbocycles. The number of fused-ring (bicyclic) bond motifs is 2. The summed E-state index contributed by atoms with van der Waals surface area (Å²) in [5, 5.41) is 0. The van der Waals surface area contributed by atoms with E-state index in [2.05, 4.69) is 0 Å². The van der Waals surface area contributed by atoms with Gasteiger partial charge >= 0.3 is 6.09 Å². The first-order chi connectivity index (χ1) is 16.3. The smallest absolute Gasteiger partial charge is 0.419 e. The van der Waals surface area contributed by atoms with E-state index in [0.29, 0.717) is 22.8 Å². The molecule has 0 saturated carbocycles. The normalized spacial score (nSPS) is 20.7. The molecule has 184 valence electrons. The highest BCUT2D eigenvalue weighted by Crippen LogP contribution is 2.58. The molecule has 1 spiro atoms. The number of rotatable bonds is 3. The number of carbonyl (C=O) groups excluding carboxylic acids is 3. The summed E-state index contributed by atoms with van der Waals surface area (Å²) in [5.41, 5.74) is 0.00292. The Bertz CT molecular complexity index is 1220. The maximum Gasteiger partial charge on any atom is 0.419 e. The van der Waals surface area contributed by atoms with Crippen LogP contribution in [0.15, 0.2) is 60.3 Å². The summed E-state index contributed by atoms with van der Waals surface area (Å²) >= 11 is 0. The van der Waals surface area contributed by atoms with Crippen LogP contribution in [0, 0.1) is 5.41 Å². The molecular weight excluding hydrogens is 444 g/mol. The molecule has 2 amide bonds. The summed E-state index contributed by atoms with van der Waals surface area (Å²) < 4.78 is 11.0. The van der Waals surface area contributed by atoms with Gasteiger partial charge in [-0.05, 0) is 51.1 Å². The SMILES string of the molecule is COc1ccc(N2C(=O)CC23/C(=C/C(=O)C(C)(C)C)N(C(=O)OC(C)(C)C)c2ccccc23)cc1. The van der Waals surface area contributed by atoms with E-state index in [-0.39, 0.29) is 18.1 Å². The molecule has 0 N–H and O–H groups in total. The van der Waals surface area contributed by atoms with Crippen molar-refractivity contribution in [3.8, 4) is 5.75 Å². The van der Waals surface area contributed by atoms with Crippen LogP contribution < -0.4 is 14.5 Å². The molecule has 1 saturated heterocycles. The van der Waals surface area contributed by atoms with Crippen molar-refractivity contribution < 1.29 is 23.9 Å². The molecule has 1 unspecified atom stereocenters. The molecule has 2 heterocycles. The fourth-order valence-corrected chi connectivity index (χ4v) is 4.51. The van der Waals surface area contributed by atoms with Crippen LogP contribution in [0.5, 0.6) is 5.75 Å². The van der Waals surface area contributed by atoms with Crippen molar-refractivity contribution in [2.24, 2.45) is 5.41 Å². The number of ether oxygens (including phenoxy) is 2. The van der Waals surface area contributed by atoms with E-state index in [0.717, 1.165) is 5.56 Å². The number of ketones is 1. The summed E-state index contributed by atoms with van der Waals surface area (Å²) in [4.78, 5) is 43.1. The van der Waals surface area contributed by atoms with Gasteiger partial charge in [0.15, 0.2) is 5.78 Å². The summed E-state index contributed by atoms with van der Waals surface area (Å²) in [6, 6.07) is 14.6. The number of allylic oxidation sites excluding steroid dienone is 1. The van der Waals surface area contributed by atoms with Crippen molar-refractivity contribution in [2.45, 2.75) is 59.1 Å². The Morgan fingerprint density at radius 3 is 2.14 bits per heavy atom. The molecule has 0 aliphatic carbocycles. The van der Waals surface area contributed by atoms with Crippen LogP contribution in [0.2, 0.25) is 0 Å². The Balaban J connectivity index is 1.95. The Morgan fingerprint density at radius 1 is 0.971 bits per heavy atom. The van der Waals surface area contributed by atoms with Gasteiger partial charge in [-0.15, -0.1) is 0 Å². The molecule has 2 aromatic rings. The lowest BCUT2D eigenvalue weighted by atomic mass is 9.75.